The van der Waals surface area contributed by atoms with E-state index in [4.69, 9.17) is 18.9 Å². The molecule has 6 heteroatoms. The highest BCUT2D eigenvalue weighted by Gasteiger charge is 2.21. The number of aryl methyl sites for hydroxylation is 2. The van der Waals surface area contributed by atoms with Gasteiger partial charge in [-0.25, -0.2) is 9.59 Å². The van der Waals surface area contributed by atoms with Crippen LogP contribution in [0.2, 0.25) is 0 Å². The zero-order chi connectivity index (χ0) is 21.7. The van der Waals surface area contributed by atoms with Crippen molar-refractivity contribution in [1.29, 1.82) is 0 Å². The molecule has 0 unspecified atom stereocenters. The van der Waals surface area contributed by atoms with Gasteiger partial charge in [0.1, 0.15) is 11.5 Å². The number of benzene rings is 3. The number of hydrogen-bond acceptors (Lipinski definition) is 6. The average molecular weight is 410 g/mol. The normalized spacial score (nSPS) is 10.8. The fourth-order valence-electron chi connectivity index (χ4n) is 3.19. The number of carbonyl (C=O) groups is 2. The first-order chi connectivity index (χ1) is 14.4. The standard InChI is InChI=1S/C24H26O6/c1-5-11-27-23(25)29-21-17-9-7-15(3)13-19(17)22(30-24(26)28-12-6-2)20-14-16(4)8-10-18(20)21/h7-10,13-14H,5-6,11-12H2,1-4H3. The molecule has 0 aliphatic carbocycles. The molecule has 0 radical (unpaired) electrons. The highest BCUT2D eigenvalue weighted by atomic mass is 16.7. The zero-order valence-corrected chi connectivity index (χ0v) is 17.7. The van der Waals surface area contributed by atoms with Crippen molar-refractivity contribution >= 4 is 33.9 Å². The van der Waals surface area contributed by atoms with Crippen molar-refractivity contribution in [1.82, 2.24) is 0 Å². The van der Waals surface area contributed by atoms with Gasteiger partial charge in [0.05, 0.1) is 13.2 Å². The Morgan fingerprint density at radius 3 is 1.47 bits per heavy atom. The topological polar surface area (TPSA) is 71.1 Å². The largest absolute Gasteiger partial charge is 0.513 e. The predicted octanol–water partition coefficient (Wildman–Crippen LogP) is 6.46. The third-order valence-electron chi connectivity index (χ3n) is 4.55. The maximum absolute atomic E-state index is 12.3. The van der Waals surface area contributed by atoms with E-state index in [0.29, 0.717) is 45.9 Å². The van der Waals surface area contributed by atoms with Crippen LogP contribution in [0.3, 0.4) is 0 Å². The van der Waals surface area contributed by atoms with Crippen molar-refractivity contribution in [3.05, 3.63) is 47.5 Å². The van der Waals surface area contributed by atoms with E-state index in [1.54, 1.807) is 0 Å². The molecular weight excluding hydrogens is 384 g/mol. The van der Waals surface area contributed by atoms with Gasteiger partial charge in [-0.3, -0.25) is 0 Å². The molecule has 0 aliphatic heterocycles. The van der Waals surface area contributed by atoms with E-state index in [9.17, 15) is 9.59 Å². The summed E-state index contributed by atoms with van der Waals surface area (Å²) in [6.45, 7) is 8.25. The lowest BCUT2D eigenvalue weighted by atomic mass is 9.98. The van der Waals surface area contributed by atoms with Crippen LogP contribution >= 0.6 is 0 Å². The van der Waals surface area contributed by atoms with E-state index in [0.717, 1.165) is 11.1 Å². The first kappa shape index (κ1) is 21.4. The second-order valence-corrected chi connectivity index (χ2v) is 7.16. The summed E-state index contributed by atoms with van der Waals surface area (Å²) in [6, 6.07) is 11.3. The summed E-state index contributed by atoms with van der Waals surface area (Å²) in [6.07, 6.45) is -0.140. The Kier molecular flexibility index (Phi) is 6.77. The van der Waals surface area contributed by atoms with Crippen molar-refractivity contribution in [2.45, 2.75) is 40.5 Å². The summed E-state index contributed by atoms with van der Waals surface area (Å²) in [5.41, 5.74) is 1.95. The lowest BCUT2D eigenvalue weighted by Gasteiger charge is -2.17. The molecule has 0 aromatic heterocycles. The van der Waals surface area contributed by atoms with Crippen LogP contribution in [0.25, 0.3) is 21.5 Å². The van der Waals surface area contributed by atoms with Crippen LogP contribution in [0.4, 0.5) is 9.59 Å². The van der Waals surface area contributed by atoms with Crippen LogP contribution in [0, 0.1) is 13.8 Å². The molecule has 0 atom stereocenters. The van der Waals surface area contributed by atoms with Gasteiger partial charge in [-0.1, -0.05) is 49.2 Å². The summed E-state index contributed by atoms with van der Waals surface area (Å²) >= 11 is 0. The number of fused-ring (bicyclic) bond motifs is 2. The van der Waals surface area contributed by atoms with Crippen molar-refractivity contribution in [3.8, 4) is 11.5 Å². The minimum atomic E-state index is -0.767. The minimum absolute atomic E-state index is 0.275. The highest BCUT2D eigenvalue weighted by Crippen LogP contribution is 2.43. The van der Waals surface area contributed by atoms with Gasteiger partial charge in [0.15, 0.2) is 0 Å². The van der Waals surface area contributed by atoms with Gasteiger partial charge in [-0.15, -0.1) is 0 Å². The first-order valence-corrected chi connectivity index (χ1v) is 10.1. The van der Waals surface area contributed by atoms with Crippen molar-refractivity contribution in [3.63, 3.8) is 0 Å². The smallest absolute Gasteiger partial charge is 0.434 e. The summed E-state index contributed by atoms with van der Waals surface area (Å²) < 4.78 is 21.5. The van der Waals surface area contributed by atoms with E-state index in [2.05, 4.69) is 0 Å². The van der Waals surface area contributed by atoms with Gasteiger partial charge in [0.2, 0.25) is 0 Å². The number of hydrogen-bond donors (Lipinski definition) is 0. The molecule has 3 rings (SSSR count). The maximum Gasteiger partial charge on any atom is 0.513 e. The molecule has 3 aromatic carbocycles. The lowest BCUT2D eigenvalue weighted by molar-refractivity contribution is 0.0984. The Morgan fingerprint density at radius 1 is 0.667 bits per heavy atom. The number of rotatable bonds is 6. The molecule has 6 nitrogen and oxygen atoms in total. The molecule has 0 saturated heterocycles. The first-order valence-electron chi connectivity index (χ1n) is 10.1. The monoisotopic (exact) mass is 410 g/mol. The molecule has 30 heavy (non-hydrogen) atoms. The molecule has 0 bridgehead atoms. The molecule has 0 saturated carbocycles. The van der Waals surface area contributed by atoms with Crippen molar-refractivity contribution in [2.24, 2.45) is 0 Å². The molecule has 0 amide bonds. The summed E-state index contributed by atoms with van der Waals surface area (Å²) in [7, 11) is 0. The molecule has 3 aromatic rings. The molecule has 0 fully saturated rings. The van der Waals surface area contributed by atoms with Gasteiger partial charge < -0.3 is 18.9 Å². The Balaban J connectivity index is 2.22. The second kappa shape index (κ2) is 9.48. The molecule has 0 spiro atoms. The predicted molar refractivity (Wildman–Crippen MR) is 115 cm³/mol. The van der Waals surface area contributed by atoms with Crippen LogP contribution in [-0.2, 0) is 9.47 Å². The van der Waals surface area contributed by atoms with E-state index >= 15 is 0 Å². The highest BCUT2D eigenvalue weighted by molar-refractivity contribution is 6.12. The molecule has 0 aliphatic rings. The third kappa shape index (κ3) is 4.64. The van der Waals surface area contributed by atoms with E-state index in [-0.39, 0.29) is 13.2 Å². The average Bonchev–Trinajstić information content (AvgIpc) is 2.72. The maximum atomic E-state index is 12.3. The molecular formula is C24H26O6. The third-order valence-corrected chi connectivity index (χ3v) is 4.55. The number of carbonyl (C=O) groups excluding carboxylic acids is 2. The van der Waals surface area contributed by atoms with Gasteiger partial charge in [-0.2, -0.15) is 0 Å². The SMILES string of the molecule is CCCOC(=O)Oc1c2ccc(C)cc2c(OC(=O)OCCC)c2cc(C)ccc12. The van der Waals surface area contributed by atoms with Gasteiger partial charge in [-0.05, 0) is 38.8 Å². The molecule has 0 N–H and O–H groups in total. The molecule has 0 heterocycles. The van der Waals surface area contributed by atoms with Crippen molar-refractivity contribution in [2.75, 3.05) is 13.2 Å². The summed E-state index contributed by atoms with van der Waals surface area (Å²) in [5, 5.41) is 2.59. The second-order valence-electron chi connectivity index (χ2n) is 7.16. The zero-order valence-electron chi connectivity index (χ0n) is 17.7. The van der Waals surface area contributed by atoms with E-state index < -0.39 is 12.3 Å². The quantitative estimate of drug-likeness (QED) is 0.264. The minimum Gasteiger partial charge on any atom is -0.434 e. The van der Waals surface area contributed by atoms with Gasteiger partial charge >= 0.3 is 12.3 Å². The van der Waals surface area contributed by atoms with Crippen LogP contribution in [-0.4, -0.2) is 25.5 Å². The molecule has 158 valence electrons. The van der Waals surface area contributed by atoms with Crippen LogP contribution in [0.15, 0.2) is 36.4 Å². The van der Waals surface area contributed by atoms with Crippen LogP contribution in [0.1, 0.15) is 37.8 Å². The van der Waals surface area contributed by atoms with Gasteiger partial charge in [0, 0.05) is 21.5 Å². The lowest BCUT2D eigenvalue weighted by Crippen LogP contribution is -2.13. The summed E-state index contributed by atoms with van der Waals surface area (Å²) in [4.78, 5) is 24.5. The summed E-state index contributed by atoms with van der Waals surface area (Å²) in [5.74, 6) is 0.748. The van der Waals surface area contributed by atoms with E-state index in [1.807, 2.05) is 64.1 Å². The Hall–Kier alpha value is -3.28. The van der Waals surface area contributed by atoms with Gasteiger partial charge in [0.25, 0.3) is 0 Å². The van der Waals surface area contributed by atoms with Crippen LogP contribution in [0.5, 0.6) is 11.5 Å². The fourth-order valence-corrected chi connectivity index (χ4v) is 3.19. The van der Waals surface area contributed by atoms with E-state index in [1.165, 1.54) is 0 Å². The Morgan fingerprint density at radius 2 is 1.07 bits per heavy atom. The number of ether oxygens (including phenoxy) is 4. The van der Waals surface area contributed by atoms with Crippen LogP contribution < -0.4 is 9.47 Å². The Labute approximate surface area is 175 Å². The van der Waals surface area contributed by atoms with Crippen molar-refractivity contribution < 1.29 is 28.5 Å². The fraction of sp³-hybridized carbons (Fsp3) is 0.333. The Bertz CT molecular complexity index is 1020.